The van der Waals surface area contributed by atoms with Gasteiger partial charge in [0.15, 0.2) is 0 Å². The van der Waals surface area contributed by atoms with Gasteiger partial charge in [0.2, 0.25) is 0 Å². The van der Waals surface area contributed by atoms with Gasteiger partial charge in [-0.1, -0.05) is 0 Å². The van der Waals surface area contributed by atoms with Crippen molar-refractivity contribution >= 4 is 0 Å². The Bertz CT molecular complexity index is 443. The molecule has 0 radical (unpaired) electrons. The third-order valence-electron chi connectivity index (χ3n) is 1.90. The Morgan fingerprint density at radius 3 is 2.21 bits per heavy atom. The minimum atomic E-state index is -0.580. The molecular formula is C10H8F2N2. The average Bonchev–Trinajstić information content (AvgIpc) is 2.50. The van der Waals surface area contributed by atoms with Gasteiger partial charge in [-0.15, -0.1) is 0 Å². The maximum atomic E-state index is 12.9. The van der Waals surface area contributed by atoms with Crippen molar-refractivity contribution in [1.29, 1.82) is 0 Å². The number of hydrogen-bond donors (Lipinski definition) is 0. The van der Waals surface area contributed by atoms with E-state index in [0.29, 0.717) is 11.1 Å². The van der Waals surface area contributed by atoms with Gasteiger partial charge >= 0.3 is 0 Å². The molecule has 0 saturated carbocycles. The van der Waals surface area contributed by atoms with E-state index in [-0.39, 0.29) is 0 Å². The highest BCUT2D eigenvalue weighted by molar-refractivity contribution is 5.61. The monoisotopic (exact) mass is 194 g/mol. The molecule has 14 heavy (non-hydrogen) atoms. The summed E-state index contributed by atoms with van der Waals surface area (Å²) in [5.41, 5.74) is 1.20. The fourth-order valence-corrected chi connectivity index (χ4v) is 1.29. The lowest BCUT2D eigenvalue weighted by atomic mass is 10.1. The van der Waals surface area contributed by atoms with E-state index in [1.807, 2.05) is 0 Å². The lowest BCUT2D eigenvalue weighted by Crippen LogP contribution is -1.85. The van der Waals surface area contributed by atoms with Crippen molar-refractivity contribution < 1.29 is 8.78 Å². The molecule has 0 atom stereocenters. The molecule has 2 aromatic rings. The third-order valence-corrected chi connectivity index (χ3v) is 1.90. The molecule has 2 nitrogen and oxygen atoms in total. The molecule has 1 heterocycles. The first kappa shape index (κ1) is 8.87. The summed E-state index contributed by atoms with van der Waals surface area (Å²) in [6, 6.07) is 3.40. The maximum absolute atomic E-state index is 12.9. The summed E-state index contributed by atoms with van der Waals surface area (Å²) in [5, 5.41) is 3.92. The zero-order valence-corrected chi connectivity index (χ0v) is 7.54. The molecule has 0 aliphatic heterocycles. The predicted molar refractivity (Wildman–Crippen MR) is 48.6 cm³/mol. The van der Waals surface area contributed by atoms with Crippen molar-refractivity contribution in [2.45, 2.75) is 0 Å². The van der Waals surface area contributed by atoms with E-state index in [9.17, 15) is 8.78 Å². The van der Waals surface area contributed by atoms with Gasteiger partial charge in [0.1, 0.15) is 11.6 Å². The molecule has 0 saturated heterocycles. The number of hydrogen-bond acceptors (Lipinski definition) is 1. The number of halogens is 2. The van der Waals surface area contributed by atoms with Gasteiger partial charge in [-0.3, -0.25) is 4.68 Å². The molecule has 0 amide bonds. The Kier molecular flexibility index (Phi) is 2.04. The topological polar surface area (TPSA) is 17.8 Å². The van der Waals surface area contributed by atoms with Gasteiger partial charge < -0.3 is 0 Å². The van der Waals surface area contributed by atoms with Gasteiger partial charge in [-0.05, 0) is 17.7 Å². The summed E-state index contributed by atoms with van der Waals surface area (Å²) in [6.45, 7) is 0. The highest BCUT2D eigenvalue weighted by atomic mass is 19.1. The largest absolute Gasteiger partial charge is 0.275 e. The molecular weight excluding hydrogens is 186 g/mol. The minimum absolute atomic E-state index is 0.496. The predicted octanol–water partition coefficient (Wildman–Crippen LogP) is 2.37. The van der Waals surface area contributed by atoms with E-state index >= 15 is 0 Å². The molecule has 4 heteroatoms. The molecule has 0 aliphatic rings. The highest BCUT2D eigenvalue weighted by Crippen LogP contribution is 2.20. The average molecular weight is 194 g/mol. The van der Waals surface area contributed by atoms with E-state index in [0.717, 1.165) is 6.07 Å². The lowest BCUT2D eigenvalue weighted by molar-refractivity contribution is 0.584. The zero-order valence-electron chi connectivity index (χ0n) is 7.54. The van der Waals surface area contributed by atoms with Crippen LogP contribution in [0.25, 0.3) is 11.1 Å². The highest BCUT2D eigenvalue weighted by Gasteiger charge is 2.04. The SMILES string of the molecule is Cn1cc(-c2cc(F)cc(F)c2)cn1. The van der Waals surface area contributed by atoms with Crippen LogP contribution in [0.3, 0.4) is 0 Å². The third kappa shape index (κ3) is 1.64. The second kappa shape index (κ2) is 3.21. The van der Waals surface area contributed by atoms with E-state index < -0.39 is 11.6 Å². The molecule has 0 fully saturated rings. The molecule has 1 aromatic carbocycles. The first-order valence-electron chi connectivity index (χ1n) is 4.10. The summed E-state index contributed by atoms with van der Waals surface area (Å²) in [5.74, 6) is -1.16. The zero-order chi connectivity index (χ0) is 10.1. The molecule has 0 N–H and O–H groups in total. The maximum Gasteiger partial charge on any atom is 0.126 e. The van der Waals surface area contributed by atoms with Crippen LogP contribution in [0.5, 0.6) is 0 Å². The van der Waals surface area contributed by atoms with Crippen LogP contribution >= 0.6 is 0 Å². The number of nitrogens with zero attached hydrogens (tertiary/aromatic N) is 2. The van der Waals surface area contributed by atoms with Gasteiger partial charge in [0.25, 0.3) is 0 Å². The Balaban J connectivity index is 2.51. The molecule has 0 bridgehead atoms. The number of aromatic nitrogens is 2. The van der Waals surface area contributed by atoms with Crippen LogP contribution in [0.15, 0.2) is 30.6 Å². The van der Waals surface area contributed by atoms with Gasteiger partial charge in [0, 0.05) is 24.9 Å². The summed E-state index contributed by atoms with van der Waals surface area (Å²) in [4.78, 5) is 0. The number of rotatable bonds is 1. The van der Waals surface area contributed by atoms with Crippen LogP contribution in [0.2, 0.25) is 0 Å². The fraction of sp³-hybridized carbons (Fsp3) is 0.100. The van der Waals surface area contributed by atoms with Crippen molar-refractivity contribution in [2.75, 3.05) is 0 Å². The molecule has 1 aromatic heterocycles. The Hall–Kier alpha value is -1.71. The summed E-state index contributed by atoms with van der Waals surface area (Å²) in [6.07, 6.45) is 3.27. The molecule has 72 valence electrons. The van der Waals surface area contributed by atoms with Gasteiger partial charge in [-0.2, -0.15) is 5.10 Å². The van der Waals surface area contributed by atoms with E-state index in [1.165, 1.54) is 12.1 Å². The molecule has 0 aliphatic carbocycles. The normalized spacial score (nSPS) is 10.5. The van der Waals surface area contributed by atoms with Crippen molar-refractivity contribution in [3.05, 3.63) is 42.2 Å². The summed E-state index contributed by atoms with van der Waals surface area (Å²) < 4.78 is 27.3. The van der Waals surface area contributed by atoms with Crippen LogP contribution in [0.4, 0.5) is 8.78 Å². The van der Waals surface area contributed by atoms with Crippen molar-refractivity contribution in [2.24, 2.45) is 7.05 Å². The Morgan fingerprint density at radius 1 is 1.07 bits per heavy atom. The first-order valence-corrected chi connectivity index (χ1v) is 4.10. The van der Waals surface area contributed by atoms with Crippen LogP contribution in [0.1, 0.15) is 0 Å². The van der Waals surface area contributed by atoms with E-state index in [4.69, 9.17) is 0 Å². The molecule has 2 rings (SSSR count). The second-order valence-corrected chi connectivity index (χ2v) is 3.06. The van der Waals surface area contributed by atoms with Crippen LogP contribution in [-0.4, -0.2) is 9.78 Å². The smallest absolute Gasteiger partial charge is 0.126 e. The van der Waals surface area contributed by atoms with Crippen LogP contribution < -0.4 is 0 Å². The molecule has 0 unspecified atom stereocenters. The van der Waals surface area contributed by atoms with Crippen LogP contribution in [-0.2, 0) is 7.05 Å². The van der Waals surface area contributed by atoms with E-state index in [1.54, 1.807) is 24.1 Å². The van der Waals surface area contributed by atoms with Gasteiger partial charge in [0.05, 0.1) is 6.20 Å². The van der Waals surface area contributed by atoms with Gasteiger partial charge in [-0.25, -0.2) is 8.78 Å². The van der Waals surface area contributed by atoms with Crippen LogP contribution in [0, 0.1) is 11.6 Å². The first-order chi connectivity index (χ1) is 6.65. The van der Waals surface area contributed by atoms with Crippen molar-refractivity contribution in [3.63, 3.8) is 0 Å². The second-order valence-electron chi connectivity index (χ2n) is 3.06. The Labute approximate surface area is 79.8 Å². The molecule has 0 spiro atoms. The van der Waals surface area contributed by atoms with Crippen molar-refractivity contribution in [3.8, 4) is 11.1 Å². The standard InChI is InChI=1S/C10H8F2N2/c1-14-6-8(5-13-14)7-2-9(11)4-10(12)3-7/h2-6H,1H3. The quantitative estimate of drug-likeness (QED) is 0.681. The summed E-state index contributed by atoms with van der Waals surface area (Å²) in [7, 11) is 1.75. The Morgan fingerprint density at radius 2 is 1.71 bits per heavy atom. The minimum Gasteiger partial charge on any atom is -0.275 e. The van der Waals surface area contributed by atoms with E-state index in [2.05, 4.69) is 5.10 Å². The van der Waals surface area contributed by atoms with Crippen molar-refractivity contribution in [1.82, 2.24) is 9.78 Å². The number of aryl methyl sites for hydroxylation is 1. The lowest BCUT2D eigenvalue weighted by Gasteiger charge is -1.97. The summed E-state index contributed by atoms with van der Waals surface area (Å²) >= 11 is 0. The number of benzene rings is 1. The fourth-order valence-electron chi connectivity index (χ4n) is 1.29.